The highest BCUT2D eigenvalue weighted by atomic mass is 19.4. The Morgan fingerprint density at radius 2 is 1.85 bits per heavy atom. The Balaban J connectivity index is 2.10. The molecule has 0 bridgehead atoms. The van der Waals surface area contributed by atoms with Gasteiger partial charge in [-0.05, 0) is 6.07 Å². The van der Waals surface area contributed by atoms with Crippen molar-refractivity contribution in [2.45, 2.75) is 12.7 Å². The number of halogens is 3. The van der Waals surface area contributed by atoms with Gasteiger partial charge in [0.05, 0.1) is 17.9 Å². The van der Waals surface area contributed by atoms with Crippen molar-refractivity contribution >= 4 is 5.91 Å². The molecule has 20 heavy (non-hydrogen) atoms. The molecule has 4 nitrogen and oxygen atoms in total. The minimum Gasteiger partial charge on any atom is -0.343 e. The molecular weight excluding hydrogens is 271 g/mol. The third-order valence-corrected chi connectivity index (χ3v) is 2.48. The molecule has 0 spiro atoms. The second-order valence-corrected chi connectivity index (χ2v) is 3.94. The summed E-state index contributed by atoms with van der Waals surface area (Å²) in [6.07, 6.45) is -3.65. The summed E-state index contributed by atoms with van der Waals surface area (Å²) >= 11 is 0. The molecule has 0 aliphatic heterocycles. The molecule has 0 radical (unpaired) electrons. The van der Waals surface area contributed by atoms with Crippen molar-refractivity contribution in [1.29, 1.82) is 0 Å². The van der Waals surface area contributed by atoms with Gasteiger partial charge in [-0.2, -0.15) is 13.2 Å². The summed E-state index contributed by atoms with van der Waals surface area (Å²) in [5, 5.41) is 1.76. The third kappa shape index (κ3) is 3.53. The fraction of sp³-hybridized carbons (Fsp3) is 0.154. The van der Waals surface area contributed by atoms with E-state index in [9.17, 15) is 18.0 Å². The zero-order chi connectivity index (χ0) is 14.6. The molecule has 0 saturated heterocycles. The van der Waals surface area contributed by atoms with E-state index in [1.807, 2.05) is 30.3 Å². The monoisotopic (exact) mass is 281 g/mol. The molecule has 1 aromatic heterocycles. The van der Waals surface area contributed by atoms with Gasteiger partial charge in [0.15, 0.2) is 0 Å². The van der Waals surface area contributed by atoms with E-state index in [-0.39, 0.29) is 6.54 Å². The Kier molecular flexibility index (Phi) is 3.97. The van der Waals surface area contributed by atoms with Gasteiger partial charge in [0, 0.05) is 5.56 Å². The number of amides is 1. The first kappa shape index (κ1) is 14.0. The van der Waals surface area contributed by atoms with Crippen LogP contribution >= 0.6 is 0 Å². The topological polar surface area (TPSA) is 54.9 Å². The van der Waals surface area contributed by atoms with E-state index in [0.717, 1.165) is 5.56 Å². The number of nitrogens with zero attached hydrogens (tertiary/aromatic N) is 2. The van der Waals surface area contributed by atoms with Crippen molar-refractivity contribution in [3.8, 4) is 11.3 Å². The van der Waals surface area contributed by atoms with Gasteiger partial charge in [-0.15, -0.1) is 0 Å². The maximum absolute atomic E-state index is 12.1. The molecule has 1 amide bonds. The van der Waals surface area contributed by atoms with Crippen molar-refractivity contribution in [2.75, 3.05) is 0 Å². The molecular formula is C13H10F3N3O. The standard InChI is InChI=1S/C13H10F3N3O/c14-13(15,16)12(20)17-7-10-6-11(19-8-18-10)9-4-2-1-3-5-9/h1-6,8H,7H2,(H,17,20). The number of hydrogen-bond donors (Lipinski definition) is 1. The van der Waals surface area contributed by atoms with Crippen molar-refractivity contribution in [3.05, 3.63) is 48.4 Å². The summed E-state index contributed by atoms with van der Waals surface area (Å²) in [4.78, 5) is 18.6. The predicted molar refractivity (Wildman–Crippen MR) is 65.4 cm³/mol. The average Bonchev–Trinajstić information content (AvgIpc) is 2.45. The van der Waals surface area contributed by atoms with Gasteiger partial charge in [0.25, 0.3) is 0 Å². The van der Waals surface area contributed by atoms with Crippen LogP contribution in [0.4, 0.5) is 13.2 Å². The molecule has 7 heteroatoms. The molecule has 2 rings (SSSR count). The van der Waals surface area contributed by atoms with Gasteiger partial charge in [-0.1, -0.05) is 30.3 Å². The van der Waals surface area contributed by atoms with E-state index < -0.39 is 12.1 Å². The van der Waals surface area contributed by atoms with E-state index in [0.29, 0.717) is 11.4 Å². The van der Waals surface area contributed by atoms with Crippen LogP contribution in [0.5, 0.6) is 0 Å². The van der Waals surface area contributed by atoms with Gasteiger partial charge < -0.3 is 5.32 Å². The van der Waals surface area contributed by atoms with E-state index in [1.165, 1.54) is 12.4 Å². The maximum atomic E-state index is 12.1. The summed E-state index contributed by atoms with van der Waals surface area (Å²) in [5.74, 6) is -1.99. The van der Waals surface area contributed by atoms with Crippen LogP contribution in [0.25, 0.3) is 11.3 Å². The van der Waals surface area contributed by atoms with Crippen LogP contribution in [0.15, 0.2) is 42.7 Å². The molecule has 1 aromatic carbocycles. The average molecular weight is 281 g/mol. The lowest BCUT2D eigenvalue weighted by Gasteiger charge is -2.08. The Hall–Kier alpha value is -2.44. The van der Waals surface area contributed by atoms with E-state index in [1.54, 1.807) is 5.32 Å². The van der Waals surface area contributed by atoms with Crippen molar-refractivity contribution in [1.82, 2.24) is 15.3 Å². The van der Waals surface area contributed by atoms with Gasteiger partial charge >= 0.3 is 12.1 Å². The lowest BCUT2D eigenvalue weighted by atomic mass is 10.1. The van der Waals surface area contributed by atoms with E-state index in [4.69, 9.17) is 0 Å². The van der Waals surface area contributed by atoms with Gasteiger partial charge in [-0.25, -0.2) is 9.97 Å². The number of aromatic nitrogens is 2. The molecule has 2 aromatic rings. The molecule has 1 heterocycles. The van der Waals surface area contributed by atoms with E-state index >= 15 is 0 Å². The second kappa shape index (κ2) is 5.68. The first-order valence-electron chi connectivity index (χ1n) is 5.68. The minimum absolute atomic E-state index is 0.302. The number of hydrogen-bond acceptors (Lipinski definition) is 3. The summed E-state index contributed by atoms with van der Waals surface area (Å²) < 4.78 is 36.2. The smallest absolute Gasteiger partial charge is 0.343 e. The van der Waals surface area contributed by atoms with Crippen LogP contribution in [0.2, 0.25) is 0 Å². The number of nitrogens with one attached hydrogen (secondary N) is 1. The normalized spacial score (nSPS) is 11.2. The zero-order valence-electron chi connectivity index (χ0n) is 10.2. The molecule has 0 aliphatic rings. The number of carbonyl (C=O) groups is 1. The van der Waals surface area contributed by atoms with Gasteiger partial charge in [0.2, 0.25) is 0 Å². The largest absolute Gasteiger partial charge is 0.471 e. The number of benzene rings is 1. The highest BCUT2D eigenvalue weighted by Gasteiger charge is 2.38. The van der Waals surface area contributed by atoms with Gasteiger partial charge in [0.1, 0.15) is 6.33 Å². The molecule has 104 valence electrons. The maximum Gasteiger partial charge on any atom is 0.471 e. The highest BCUT2D eigenvalue weighted by molar-refractivity contribution is 5.81. The van der Waals surface area contributed by atoms with E-state index in [2.05, 4.69) is 9.97 Å². The summed E-state index contributed by atoms with van der Waals surface area (Å²) in [7, 11) is 0. The second-order valence-electron chi connectivity index (χ2n) is 3.94. The number of carbonyl (C=O) groups excluding carboxylic acids is 1. The van der Waals surface area contributed by atoms with Crippen LogP contribution in [0.1, 0.15) is 5.69 Å². The third-order valence-electron chi connectivity index (χ3n) is 2.48. The highest BCUT2D eigenvalue weighted by Crippen LogP contribution is 2.17. The van der Waals surface area contributed by atoms with Gasteiger partial charge in [-0.3, -0.25) is 4.79 Å². The van der Waals surface area contributed by atoms with Crippen LogP contribution in [0.3, 0.4) is 0 Å². The Morgan fingerprint density at radius 1 is 1.15 bits per heavy atom. The molecule has 0 aliphatic carbocycles. The van der Waals surface area contributed by atoms with Crippen molar-refractivity contribution in [3.63, 3.8) is 0 Å². The summed E-state index contributed by atoms with van der Waals surface area (Å²) in [6, 6.07) is 10.7. The Bertz CT molecular complexity index is 599. The lowest BCUT2D eigenvalue weighted by Crippen LogP contribution is -2.36. The Morgan fingerprint density at radius 3 is 2.50 bits per heavy atom. The quantitative estimate of drug-likeness (QED) is 0.939. The number of rotatable bonds is 3. The Labute approximate surface area is 112 Å². The van der Waals surface area contributed by atoms with Crippen LogP contribution in [-0.2, 0) is 11.3 Å². The molecule has 0 saturated carbocycles. The van der Waals surface area contributed by atoms with Crippen LogP contribution < -0.4 is 5.32 Å². The molecule has 1 N–H and O–H groups in total. The first-order valence-corrected chi connectivity index (χ1v) is 5.68. The number of alkyl halides is 3. The fourth-order valence-corrected chi connectivity index (χ4v) is 1.53. The van der Waals surface area contributed by atoms with Crippen LogP contribution in [-0.4, -0.2) is 22.1 Å². The first-order chi connectivity index (χ1) is 9.47. The molecule has 0 unspecified atom stereocenters. The fourth-order valence-electron chi connectivity index (χ4n) is 1.53. The minimum atomic E-state index is -4.89. The van der Waals surface area contributed by atoms with Crippen molar-refractivity contribution in [2.24, 2.45) is 0 Å². The molecule has 0 fully saturated rings. The lowest BCUT2D eigenvalue weighted by molar-refractivity contribution is -0.173. The molecule has 0 atom stereocenters. The van der Waals surface area contributed by atoms with Crippen molar-refractivity contribution < 1.29 is 18.0 Å². The predicted octanol–water partition coefficient (Wildman–Crippen LogP) is 2.32. The SMILES string of the molecule is O=C(NCc1cc(-c2ccccc2)ncn1)C(F)(F)F. The summed E-state index contributed by atoms with van der Waals surface area (Å²) in [5.41, 5.74) is 1.70. The summed E-state index contributed by atoms with van der Waals surface area (Å²) in [6.45, 7) is -0.305. The zero-order valence-corrected chi connectivity index (χ0v) is 10.2. The van der Waals surface area contributed by atoms with Crippen LogP contribution in [0, 0.1) is 0 Å².